The van der Waals surface area contributed by atoms with Crippen LogP contribution in [0.4, 0.5) is 10.6 Å². The van der Waals surface area contributed by atoms with Gasteiger partial charge in [-0.15, -0.1) is 5.92 Å². The van der Waals surface area contributed by atoms with Crippen molar-refractivity contribution in [2.75, 3.05) is 11.4 Å². The Kier molecular flexibility index (Phi) is 8.82. The van der Waals surface area contributed by atoms with Gasteiger partial charge in [-0.05, 0) is 68.7 Å². The molecule has 0 saturated heterocycles. The zero-order chi connectivity index (χ0) is 26.1. The van der Waals surface area contributed by atoms with Crippen LogP contribution in [0, 0.1) is 11.8 Å². The fraction of sp³-hybridized carbons (Fsp3) is 0.276. The smallest absolute Gasteiger partial charge is 0.416 e. The molecule has 1 heterocycles. The van der Waals surface area contributed by atoms with E-state index in [0.29, 0.717) is 18.8 Å². The minimum atomic E-state index is -1.15. The van der Waals surface area contributed by atoms with Gasteiger partial charge in [-0.2, -0.15) is 0 Å². The number of rotatable bonds is 8. The molecule has 0 atom stereocenters. The van der Waals surface area contributed by atoms with Crippen LogP contribution in [0.5, 0.6) is 0 Å². The van der Waals surface area contributed by atoms with E-state index < -0.39 is 24.2 Å². The predicted molar refractivity (Wildman–Crippen MR) is 140 cm³/mol. The summed E-state index contributed by atoms with van der Waals surface area (Å²) < 4.78 is 5.36. The van der Waals surface area contributed by atoms with Gasteiger partial charge in [0.1, 0.15) is 18.0 Å². The third-order valence-corrected chi connectivity index (χ3v) is 5.03. The number of pyridine rings is 1. The second kappa shape index (κ2) is 12.0. The fourth-order valence-electron chi connectivity index (χ4n) is 3.48. The molecule has 0 unspecified atom stereocenters. The second-order valence-corrected chi connectivity index (χ2v) is 9.20. The van der Waals surface area contributed by atoms with Crippen molar-refractivity contribution in [3.8, 4) is 23.0 Å². The van der Waals surface area contributed by atoms with Gasteiger partial charge < -0.3 is 15.2 Å². The van der Waals surface area contributed by atoms with Gasteiger partial charge in [-0.3, -0.25) is 9.69 Å². The molecule has 36 heavy (non-hydrogen) atoms. The average molecular weight is 486 g/mol. The molecule has 0 bridgehead atoms. The number of nitrogens with one attached hydrogen (secondary N) is 1. The Morgan fingerprint density at radius 1 is 1.00 bits per heavy atom. The summed E-state index contributed by atoms with van der Waals surface area (Å²) in [4.78, 5) is 29.4. The number of hydrogen-bond donors (Lipinski definition) is 2. The van der Waals surface area contributed by atoms with Gasteiger partial charge in [0, 0.05) is 18.7 Å². The zero-order valence-corrected chi connectivity index (χ0v) is 21.0. The average Bonchev–Trinajstić information content (AvgIpc) is 2.82. The molecule has 1 aromatic heterocycles. The Labute approximate surface area is 212 Å². The summed E-state index contributed by atoms with van der Waals surface area (Å²) in [5.41, 5.74) is 4.26. The minimum Gasteiger partial charge on any atom is -0.480 e. The number of nitrogens with zero attached hydrogens (tertiary/aromatic N) is 2. The Morgan fingerprint density at radius 3 is 2.39 bits per heavy atom. The number of aliphatic carboxylic acids is 1. The number of anilines is 1. The highest BCUT2D eigenvalue weighted by Crippen LogP contribution is 2.21. The third kappa shape index (κ3) is 7.97. The van der Waals surface area contributed by atoms with Crippen molar-refractivity contribution in [2.24, 2.45) is 0 Å². The molecule has 0 aliphatic heterocycles. The number of aromatic nitrogens is 1. The molecule has 2 N–H and O–H groups in total. The van der Waals surface area contributed by atoms with E-state index in [2.05, 4.69) is 58.5 Å². The first-order valence-electron chi connectivity index (χ1n) is 11.7. The van der Waals surface area contributed by atoms with E-state index in [9.17, 15) is 14.7 Å². The lowest BCUT2D eigenvalue weighted by Gasteiger charge is -2.26. The summed E-state index contributed by atoms with van der Waals surface area (Å²) in [6.07, 6.45) is -0.755. The summed E-state index contributed by atoms with van der Waals surface area (Å²) >= 11 is 0. The summed E-state index contributed by atoms with van der Waals surface area (Å²) in [6, 6.07) is 21.6. The van der Waals surface area contributed by atoms with Crippen molar-refractivity contribution >= 4 is 17.9 Å². The summed E-state index contributed by atoms with van der Waals surface area (Å²) in [5, 5.41) is 12.6. The van der Waals surface area contributed by atoms with Crippen molar-refractivity contribution in [3.63, 3.8) is 0 Å². The van der Waals surface area contributed by atoms with E-state index in [0.717, 1.165) is 27.2 Å². The molecule has 3 aromatic rings. The normalized spacial score (nSPS) is 10.8. The quantitative estimate of drug-likeness (QED) is 0.424. The van der Waals surface area contributed by atoms with Crippen molar-refractivity contribution < 1.29 is 19.4 Å². The number of ether oxygens (including phenoxy) is 1. The van der Waals surface area contributed by atoms with E-state index in [1.54, 1.807) is 32.9 Å². The van der Waals surface area contributed by atoms with E-state index in [1.165, 1.54) is 0 Å². The molecular formula is C29H31N3O4. The maximum absolute atomic E-state index is 12.6. The number of carbonyl (C=O) groups is 2. The van der Waals surface area contributed by atoms with Gasteiger partial charge >= 0.3 is 12.1 Å². The van der Waals surface area contributed by atoms with Crippen molar-refractivity contribution in [2.45, 2.75) is 46.4 Å². The van der Waals surface area contributed by atoms with Crippen LogP contribution in [0.3, 0.4) is 0 Å². The van der Waals surface area contributed by atoms with Gasteiger partial charge in [0.15, 0.2) is 0 Å². The molecule has 0 aliphatic carbocycles. The standard InChI is InChI=1S/C29H31N3O4/c1-5-8-21-9-6-10-24(17-21)23-15-13-22(14-16-23)18-30-19-25-11-7-12-26(31-25)32(20-27(33)34)28(35)36-29(2,3)4/h6-7,9-17,30H,18-20H2,1-4H3,(H,33,34). The molecule has 3 rings (SSSR count). The first-order valence-corrected chi connectivity index (χ1v) is 11.7. The number of carbonyl (C=O) groups excluding carboxylic acids is 1. The maximum atomic E-state index is 12.6. The van der Waals surface area contributed by atoms with Crippen LogP contribution >= 0.6 is 0 Å². The van der Waals surface area contributed by atoms with Gasteiger partial charge in [-0.25, -0.2) is 9.78 Å². The molecule has 7 nitrogen and oxygen atoms in total. The van der Waals surface area contributed by atoms with Crippen molar-refractivity contribution in [1.82, 2.24) is 10.3 Å². The van der Waals surface area contributed by atoms with Gasteiger partial charge in [0.2, 0.25) is 0 Å². The highest BCUT2D eigenvalue weighted by atomic mass is 16.6. The monoisotopic (exact) mass is 485 g/mol. The van der Waals surface area contributed by atoms with Crippen LogP contribution in [0.25, 0.3) is 11.1 Å². The maximum Gasteiger partial charge on any atom is 0.416 e. The topological polar surface area (TPSA) is 91.8 Å². The highest BCUT2D eigenvalue weighted by molar-refractivity contribution is 5.92. The largest absolute Gasteiger partial charge is 0.480 e. The first kappa shape index (κ1) is 26.5. The Morgan fingerprint density at radius 2 is 1.72 bits per heavy atom. The molecule has 0 saturated carbocycles. The lowest BCUT2D eigenvalue weighted by molar-refractivity contribution is -0.135. The number of hydrogen-bond acceptors (Lipinski definition) is 5. The van der Waals surface area contributed by atoms with Crippen LogP contribution < -0.4 is 10.2 Å². The Hall–Kier alpha value is -4.15. The predicted octanol–water partition coefficient (Wildman–Crippen LogP) is 5.24. The van der Waals surface area contributed by atoms with Gasteiger partial charge in [-0.1, -0.05) is 48.4 Å². The number of amides is 1. The van der Waals surface area contributed by atoms with Crippen LogP contribution in [-0.2, 0) is 22.6 Å². The number of carboxylic acids is 1. The van der Waals surface area contributed by atoms with Crippen LogP contribution in [0.1, 0.15) is 44.5 Å². The van der Waals surface area contributed by atoms with E-state index in [1.807, 2.05) is 25.1 Å². The van der Waals surface area contributed by atoms with E-state index in [4.69, 9.17) is 4.74 Å². The lowest BCUT2D eigenvalue weighted by Crippen LogP contribution is -2.40. The molecule has 0 radical (unpaired) electrons. The Balaban J connectivity index is 1.63. The Bertz CT molecular complexity index is 1270. The molecular weight excluding hydrogens is 454 g/mol. The zero-order valence-electron chi connectivity index (χ0n) is 21.0. The fourth-order valence-corrected chi connectivity index (χ4v) is 3.48. The summed E-state index contributed by atoms with van der Waals surface area (Å²) in [7, 11) is 0. The lowest BCUT2D eigenvalue weighted by atomic mass is 10.0. The second-order valence-electron chi connectivity index (χ2n) is 9.20. The van der Waals surface area contributed by atoms with E-state index in [-0.39, 0.29) is 5.82 Å². The first-order chi connectivity index (χ1) is 17.1. The van der Waals surface area contributed by atoms with Crippen LogP contribution in [0.2, 0.25) is 0 Å². The van der Waals surface area contributed by atoms with Crippen molar-refractivity contribution in [1.29, 1.82) is 0 Å². The molecule has 0 spiro atoms. The summed E-state index contributed by atoms with van der Waals surface area (Å²) in [5.74, 6) is 5.08. The SMILES string of the molecule is CC#Cc1cccc(-c2ccc(CNCc3cccc(N(CC(=O)O)C(=O)OC(C)(C)C)n3)cc2)c1. The molecule has 0 fully saturated rings. The molecule has 0 aliphatic rings. The van der Waals surface area contributed by atoms with Crippen molar-refractivity contribution in [3.05, 3.63) is 83.6 Å². The molecule has 2 aromatic carbocycles. The number of benzene rings is 2. The number of carboxylic acid groups (broad SMARTS) is 1. The molecule has 7 heteroatoms. The van der Waals surface area contributed by atoms with Gasteiger partial charge in [0.05, 0.1) is 5.69 Å². The van der Waals surface area contributed by atoms with E-state index >= 15 is 0 Å². The van der Waals surface area contributed by atoms with Gasteiger partial charge in [0.25, 0.3) is 0 Å². The third-order valence-electron chi connectivity index (χ3n) is 5.03. The molecule has 1 amide bonds. The van der Waals surface area contributed by atoms with Crippen LogP contribution in [0.15, 0.2) is 66.7 Å². The molecule has 186 valence electrons. The van der Waals surface area contributed by atoms with Crippen LogP contribution in [-0.4, -0.2) is 34.3 Å². The minimum absolute atomic E-state index is 0.227. The highest BCUT2D eigenvalue weighted by Gasteiger charge is 2.26. The summed E-state index contributed by atoms with van der Waals surface area (Å²) in [6.45, 7) is 7.53.